The number of carbonyl (C=O) groups is 1. The zero-order valence-electron chi connectivity index (χ0n) is 10.9. The van der Waals surface area contributed by atoms with E-state index in [9.17, 15) is 13.2 Å². The molecule has 0 radical (unpaired) electrons. The molecule has 0 aromatic carbocycles. The molecule has 2 aliphatic rings. The molecule has 0 aromatic rings. The second kappa shape index (κ2) is 3.54. The molecule has 98 valence electrons. The van der Waals surface area contributed by atoms with Crippen molar-refractivity contribution >= 4 is 15.8 Å². The highest BCUT2D eigenvalue weighted by molar-refractivity contribution is 7.91. The Kier molecular flexibility index (Phi) is 2.71. The van der Waals surface area contributed by atoms with Gasteiger partial charge in [-0.2, -0.15) is 0 Å². The number of Topliss-reactive ketones (excluding diaryl/α,β-unsaturated/α-hetero) is 1. The van der Waals surface area contributed by atoms with Crippen LogP contribution in [0.3, 0.4) is 0 Å². The van der Waals surface area contributed by atoms with Gasteiger partial charge in [-0.1, -0.05) is 13.8 Å². The van der Waals surface area contributed by atoms with Crippen molar-refractivity contribution in [3.8, 4) is 0 Å². The quantitative estimate of drug-likeness (QED) is 0.834. The number of ketones is 1. The standard InChI is InChI=1S/C12H21NO3S/c1-8(2)13-17(15,16)12-6-5-9(7-12)11(3,4)10(12)14/h8-9,13H,5-7H2,1-4H3. The van der Waals surface area contributed by atoms with Gasteiger partial charge in [0, 0.05) is 11.5 Å². The van der Waals surface area contributed by atoms with E-state index in [1.807, 2.05) is 13.8 Å². The van der Waals surface area contributed by atoms with E-state index in [1.165, 1.54) is 0 Å². The molecular weight excluding hydrogens is 238 g/mol. The Bertz CT molecular complexity index is 452. The summed E-state index contributed by atoms with van der Waals surface area (Å²) in [5.74, 6) is 0.133. The van der Waals surface area contributed by atoms with E-state index in [2.05, 4.69) is 4.72 Å². The third kappa shape index (κ3) is 1.58. The monoisotopic (exact) mass is 259 g/mol. The van der Waals surface area contributed by atoms with Gasteiger partial charge < -0.3 is 0 Å². The number of rotatable bonds is 3. The molecule has 2 atom stereocenters. The number of hydrogen-bond acceptors (Lipinski definition) is 3. The fourth-order valence-corrected chi connectivity index (χ4v) is 5.55. The molecule has 2 rings (SSSR count). The van der Waals surface area contributed by atoms with Crippen molar-refractivity contribution in [1.82, 2.24) is 4.72 Å². The molecule has 0 heterocycles. The summed E-state index contributed by atoms with van der Waals surface area (Å²) in [7, 11) is -3.55. The molecule has 2 saturated carbocycles. The molecule has 0 aliphatic heterocycles. The van der Waals surface area contributed by atoms with Crippen LogP contribution in [0.15, 0.2) is 0 Å². The number of sulfonamides is 1. The highest BCUT2D eigenvalue weighted by atomic mass is 32.2. The Morgan fingerprint density at radius 2 is 1.94 bits per heavy atom. The van der Waals surface area contributed by atoms with Crippen LogP contribution in [-0.2, 0) is 14.8 Å². The van der Waals surface area contributed by atoms with E-state index in [0.717, 1.165) is 6.42 Å². The van der Waals surface area contributed by atoms with Gasteiger partial charge in [0.05, 0.1) is 0 Å². The SMILES string of the molecule is CC(C)NS(=O)(=O)C12CCC(C1)C(C)(C)C2=O. The van der Waals surface area contributed by atoms with Gasteiger partial charge in [-0.15, -0.1) is 0 Å². The average molecular weight is 259 g/mol. The first-order chi connectivity index (χ1) is 7.63. The molecule has 5 heteroatoms. The number of fused-ring (bicyclic) bond motifs is 2. The molecule has 17 heavy (non-hydrogen) atoms. The maximum absolute atomic E-state index is 12.4. The summed E-state index contributed by atoms with van der Waals surface area (Å²) in [5.41, 5.74) is -0.482. The Morgan fingerprint density at radius 3 is 2.35 bits per heavy atom. The molecule has 0 saturated heterocycles. The van der Waals surface area contributed by atoms with Crippen molar-refractivity contribution < 1.29 is 13.2 Å². The third-order valence-corrected chi connectivity index (χ3v) is 6.76. The van der Waals surface area contributed by atoms with Crippen LogP contribution < -0.4 is 4.72 Å². The van der Waals surface area contributed by atoms with Gasteiger partial charge in [0.25, 0.3) is 0 Å². The van der Waals surface area contributed by atoms with E-state index in [1.54, 1.807) is 13.8 Å². The Hall–Kier alpha value is -0.420. The van der Waals surface area contributed by atoms with E-state index in [4.69, 9.17) is 0 Å². The number of carbonyl (C=O) groups excluding carboxylic acids is 1. The van der Waals surface area contributed by atoms with Gasteiger partial charge in [-0.25, -0.2) is 13.1 Å². The molecule has 0 spiro atoms. The van der Waals surface area contributed by atoms with Crippen molar-refractivity contribution in [1.29, 1.82) is 0 Å². The van der Waals surface area contributed by atoms with E-state index < -0.39 is 20.2 Å². The lowest BCUT2D eigenvalue weighted by atomic mass is 9.75. The minimum atomic E-state index is -3.55. The van der Waals surface area contributed by atoms with Crippen LogP contribution >= 0.6 is 0 Å². The molecular formula is C12H21NO3S. The maximum Gasteiger partial charge on any atom is 0.224 e. The van der Waals surface area contributed by atoms with Crippen molar-refractivity contribution in [3.63, 3.8) is 0 Å². The maximum atomic E-state index is 12.4. The van der Waals surface area contributed by atoms with Gasteiger partial charge in [0.1, 0.15) is 4.75 Å². The van der Waals surface area contributed by atoms with Crippen molar-refractivity contribution in [3.05, 3.63) is 0 Å². The number of hydrogen-bond donors (Lipinski definition) is 1. The summed E-state index contributed by atoms with van der Waals surface area (Å²) < 4.78 is 26.2. The second-order valence-corrected chi connectivity index (χ2v) is 8.28. The zero-order chi connectivity index (χ0) is 13.1. The summed E-state index contributed by atoms with van der Waals surface area (Å²) >= 11 is 0. The normalized spacial score (nSPS) is 35.8. The lowest BCUT2D eigenvalue weighted by Crippen LogP contribution is -2.53. The lowest BCUT2D eigenvalue weighted by Gasteiger charge is -2.33. The Morgan fingerprint density at radius 1 is 1.35 bits per heavy atom. The molecule has 2 unspecified atom stereocenters. The van der Waals surface area contributed by atoms with Gasteiger partial charge in [0.15, 0.2) is 5.78 Å². The molecule has 0 amide bonds. The molecule has 0 aromatic heterocycles. The average Bonchev–Trinajstić information content (AvgIpc) is 2.66. The fourth-order valence-electron chi connectivity index (χ4n) is 3.39. The van der Waals surface area contributed by atoms with E-state index >= 15 is 0 Å². The van der Waals surface area contributed by atoms with Crippen molar-refractivity contribution in [2.45, 2.75) is 57.7 Å². The van der Waals surface area contributed by atoms with Crippen LogP contribution in [0.5, 0.6) is 0 Å². The highest BCUT2D eigenvalue weighted by Crippen LogP contribution is 2.58. The Labute approximate surface area is 103 Å². The topological polar surface area (TPSA) is 63.2 Å². The van der Waals surface area contributed by atoms with Gasteiger partial charge in [0.2, 0.25) is 10.0 Å². The van der Waals surface area contributed by atoms with Gasteiger partial charge >= 0.3 is 0 Å². The second-order valence-electron chi connectivity index (χ2n) is 6.26. The van der Waals surface area contributed by atoms with Crippen LogP contribution in [0.1, 0.15) is 47.0 Å². The minimum absolute atomic E-state index is 0.0885. The summed E-state index contributed by atoms with van der Waals surface area (Å²) in [4.78, 5) is 12.4. The predicted molar refractivity (Wildman–Crippen MR) is 66.1 cm³/mol. The van der Waals surface area contributed by atoms with Gasteiger partial charge in [-0.3, -0.25) is 4.79 Å². The summed E-state index contributed by atoms with van der Waals surface area (Å²) in [5, 5.41) is 0. The highest BCUT2D eigenvalue weighted by Gasteiger charge is 2.67. The molecule has 2 fully saturated rings. The van der Waals surface area contributed by atoms with Crippen LogP contribution in [-0.4, -0.2) is 25.0 Å². The minimum Gasteiger partial charge on any atom is -0.297 e. The van der Waals surface area contributed by atoms with E-state index in [-0.39, 0.29) is 17.7 Å². The zero-order valence-corrected chi connectivity index (χ0v) is 11.7. The van der Waals surface area contributed by atoms with Crippen LogP contribution in [0.4, 0.5) is 0 Å². The first kappa shape index (κ1) is 13.0. The van der Waals surface area contributed by atoms with Crippen LogP contribution in [0, 0.1) is 11.3 Å². The smallest absolute Gasteiger partial charge is 0.224 e. The summed E-state index contributed by atoms with van der Waals surface area (Å²) in [6.45, 7) is 7.33. The third-order valence-electron chi connectivity index (χ3n) is 4.40. The predicted octanol–water partition coefficient (Wildman–Crippen LogP) is 1.46. The van der Waals surface area contributed by atoms with Gasteiger partial charge in [-0.05, 0) is 39.0 Å². The van der Waals surface area contributed by atoms with Crippen LogP contribution in [0.25, 0.3) is 0 Å². The Balaban J connectivity index is 2.42. The van der Waals surface area contributed by atoms with Crippen molar-refractivity contribution in [2.75, 3.05) is 0 Å². The molecule has 2 aliphatic carbocycles. The molecule has 2 bridgehead atoms. The van der Waals surface area contributed by atoms with Crippen molar-refractivity contribution in [2.24, 2.45) is 11.3 Å². The first-order valence-electron chi connectivity index (χ1n) is 6.20. The summed E-state index contributed by atoms with van der Waals surface area (Å²) in [6, 6.07) is -0.162. The van der Waals surface area contributed by atoms with E-state index in [0.29, 0.717) is 12.8 Å². The molecule has 1 N–H and O–H groups in total. The summed E-state index contributed by atoms with van der Waals surface area (Å²) in [6.07, 6.45) is 1.83. The number of nitrogens with one attached hydrogen (secondary N) is 1. The fraction of sp³-hybridized carbons (Fsp3) is 0.917. The van der Waals surface area contributed by atoms with Crippen LogP contribution in [0.2, 0.25) is 0 Å². The first-order valence-corrected chi connectivity index (χ1v) is 7.68. The largest absolute Gasteiger partial charge is 0.297 e. The molecule has 4 nitrogen and oxygen atoms in total. The lowest BCUT2D eigenvalue weighted by molar-refractivity contribution is -0.129.